The predicted octanol–water partition coefficient (Wildman–Crippen LogP) is -0.859. The number of nitrogens with zero attached hydrogens (tertiary/aromatic N) is 3. The van der Waals surface area contributed by atoms with E-state index in [4.69, 9.17) is 15.2 Å². The number of nitrogens with two attached hydrogens (primary N) is 1. The molecule has 0 bridgehead atoms. The Morgan fingerprint density at radius 3 is 2.65 bits per heavy atom. The summed E-state index contributed by atoms with van der Waals surface area (Å²) in [6, 6.07) is 0. The number of carbonyl (C=O) groups is 1. The molecule has 0 aromatic carbocycles. The Kier molecular flexibility index (Phi) is 5.58. The van der Waals surface area contributed by atoms with Gasteiger partial charge in [0.1, 0.15) is 0 Å². The summed E-state index contributed by atoms with van der Waals surface area (Å²) in [7, 11) is 3.24. The van der Waals surface area contributed by atoms with Crippen molar-refractivity contribution in [3.05, 3.63) is 11.4 Å². The fraction of sp³-hybridized carbons (Fsp3) is 0.700. The van der Waals surface area contributed by atoms with Crippen LogP contribution in [0.2, 0.25) is 0 Å². The minimum atomic E-state index is -0.414. The Labute approximate surface area is 99.9 Å². The number of hydrogen-bond donors (Lipinski definition) is 1. The van der Waals surface area contributed by atoms with Crippen molar-refractivity contribution in [2.24, 2.45) is 5.73 Å². The molecule has 1 aromatic heterocycles. The molecule has 7 nitrogen and oxygen atoms in total. The third-order valence-corrected chi connectivity index (χ3v) is 2.31. The molecule has 0 aliphatic heterocycles. The largest absolute Gasteiger partial charge is 0.384 e. The number of primary amides is 1. The highest BCUT2D eigenvalue weighted by Gasteiger charge is 2.14. The average molecular weight is 242 g/mol. The molecule has 0 atom stereocenters. The summed E-state index contributed by atoms with van der Waals surface area (Å²) in [5.74, 6) is -0.414. The third kappa shape index (κ3) is 4.12. The van der Waals surface area contributed by atoms with Crippen LogP contribution < -0.4 is 5.73 Å². The fourth-order valence-corrected chi connectivity index (χ4v) is 1.50. The van der Waals surface area contributed by atoms with Crippen molar-refractivity contribution in [3.8, 4) is 0 Å². The molecule has 0 radical (unpaired) electrons. The zero-order valence-electron chi connectivity index (χ0n) is 10.2. The van der Waals surface area contributed by atoms with Gasteiger partial charge in [-0.15, -0.1) is 5.10 Å². The molecule has 7 heteroatoms. The number of hydrogen-bond acceptors (Lipinski definition) is 5. The van der Waals surface area contributed by atoms with E-state index in [1.165, 1.54) is 0 Å². The molecule has 1 rings (SSSR count). The molecule has 0 unspecified atom stereocenters. The van der Waals surface area contributed by atoms with Crippen LogP contribution in [0.4, 0.5) is 0 Å². The van der Waals surface area contributed by atoms with E-state index < -0.39 is 5.91 Å². The minimum absolute atomic E-state index is 0.103. The van der Waals surface area contributed by atoms with Crippen LogP contribution in [-0.4, -0.2) is 48.3 Å². The SMILES string of the molecule is COCCc1c(CC(N)=O)nnn1CCOC. The lowest BCUT2D eigenvalue weighted by Gasteiger charge is -2.06. The molecule has 2 N–H and O–H groups in total. The second kappa shape index (κ2) is 6.97. The molecular formula is C10H18N4O3. The highest BCUT2D eigenvalue weighted by atomic mass is 16.5. The van der Waals surface area contributed by atoms with Crippen molar-refractivity contribution >= 4 is 5.91 Å². The molecule has 96 valence electrons. The zero-order valence-corrected chi connectivity index (χ0v) is 10.2. The van der Waals surface area contributed by atoms with Gasteiger partial charge in [-0.25, -0.2) is 4.68 Å². The monoisotopic (exact) mass is 242 g/mol. The Hall–Kier alpha value is -1.47. The molecular weight excluding hydrogens is 224 g/mol. The van der Waals surface area contributed by atoms with Crippen molar-refractivity contribution in [3.63, 3.8) is 0 Å². The van der Waals surface area contributed by atoms with E-state index in [-0.39, 0.29) is 6.42 Å². The smallest absolute Gasteiger partial charge is 0.223 e. The van der Waals surface area contributed by atoms with Crippen molar-refractivity contribution in [1.29, 1.82) is 0 Å². The van der Waals surface area contributed by atoms with Gasteiger partial charge < -0.3 is 15.2 Å². The van der Waals surface area contributed by atoms with Crippen LogP contribution in [0.15, 0.2) is 0 Å². The number of methoxy groups -OCH3 is 2. The predicted molar refractivity (Wildman–Crippen MR) is 60.4 cm³/mol. The molecule has 0 fully saturated rings. The third-order valence-electron chi connectivity index (χ3n) is 2.31. The van der Waals surface area contributed by atoms with E-state index in [9.17, 15) is 4.79 Å². The summed E-state index contributed by atoms with van der Waals surface area (Å²) in [5.41, 5.74) is 6.65. The van der Waals surface area contributed by atoms with Gasteiger partial charge in [-0.1, -0.05) is 5.21 Å². The van der Waals surface area contributed by atoms with Crippen molar-refractivity contribution in [1.82, 2.24) is 15.0 Å². The van der Waals surface area contributed by atoms with Crippen LogP contribution in [0, 0.1) is 0 Å². The van der Waals surface area contributed by atoms with Crippen LogP contribution in [0.5, 0.6) is 0 Å². The van der Waals surface area contributed by atoms with Crippen LogP contribution in [-0.2, 0) is 33.7 Å². The first-order valence-corrected chi connectivity index (χ1v) is 5.36. The first-order chi connectivity index (χ1) is 8.19. The van der Waals surface area contributed by atoms with E-state index in [0.29, 0.717) is 31.9 Å². The maximum absolute atomic E-state index is 10.9. The highest BCUT2D eigenvalue weighted by molar-refractivity contribution is 5.76. The first kappa shape index (κ1) is 13.6. The number of carbonyl (C=O) groups excluding carboxylic acids is 1. The molecule has 1 heterocycles. The van der Waals surface area contributed by atoms with Gasteiger partial charge in [-0.05, 0) is 0 Å². The fourth-order valence-electron chi connectivity index (χ4n) is 1.50. The standard InChI is InChI=1S/C10H18N4O3/c1-16-5-3-9-8(7-10(11)15)12-13-14(9)4-6-17-2/h3-7H2,1-2H3,(H2,11,15). The van der Waals surface area contributed by atoms with Gasteiger partial charge in [-0.2, -0.15) is 0 Å². The maximum Gasteiger partial charge on any atom is 0.223 e. The van der Waals surface area contributed by atoms with Crippen molar-refractivity contribution in [2.75, 3.05) is 27.4 Å². The van der Waals surface area contributed by atoms with Gasteiger partial charge in [0, 0.05) is 20.6 Å². The Balaban J connectivity index is 2.80. The summed E-state index contributed by atoms with van der Waals surface area (Å²) in [5, 5.41) is 7.95. The summed E-state index contributed by atoms with van der Waals surface area (Å²) in [4.78, 5) is 10.9. The van der Waals surface area contributed by atoms with Gasteiger partial charge in [-0.3, -0.25) is 4.79 Å². The lowest BCUT2D eigenvalue weighted by molar-refractivity contribution is -0.117. The molecule has 0 aliphatic carbocycles. The number of ether oxygens (including phenoxy) is 2. The quantitative estimate of drug-likeness (QED) is 0.640. The molecule has 0 spiro atoms. The van der Waals surface area contributed by atoms with E-state index in [1.807, 2.05) is 0 Å². The Bertz CT molecular complexity index is 364. The van der Waals surface area contributed by atoms with Crippen LogP contribution >= 0.6 is 0 Å². The van der Waals surface area contributed by atoms with Crippen LogP contribution in [0.1, 0.15) is 11.4 Å². The lowest BCUT2D eigenvalue weighted by atomic mass is 10.2. The summed E-state index contributed by atoms with van der Waals surface area (Å²) >= 11 is 0. The zero-order chi connectivity index (χ0) is 12.7. The van der Waals surface area contributed by atoms with Crippen LogP contribution in [0.3, 0.4) is 0 Å². The van der Waals surface area contributed by atoms with Gasteiger partial charge in [0.15, 0.2) is 0 Å². The van der Waals surface area contributed by atoms with Crippen molar-refractivity contribution in [2.45, 2.75) is 19.4 Å². The number of rotatable bonds is 8. The first-order valence-electron chi connectivity index (χ1n) is 5.36. The molecule has 0 saturated carbocycles. The van der Waals surface area contributed by atoms with Gasteiger partial charge >= 0.3 is 0 Å². The van der Waals surface area contributed by atoms with E-state index in [1.54, 1.807) is 18.9 Å². The minimum Gasteiger partial charge on any atom is -0.384 e. The molecule has 17 heavy (non-hydrogen) atoms. The average Bonchev–Trinajstić information content (AvgIpc) is 2.65. The van der Waals surface area contributed by atoms with Crippen LogP contribution in [0.25, 0.3) is 0 Å². The normalized spacial score (nSPS) is 10.7. The number of amides is 1. The Morgan fingerprint density at radius 2 is 2.06 bits per heavy atom. The van der Waals surface area contributed by atoms with E-state index >= 15 is 0 Å². The summed E-state index contributed by atoms with van der Waals surface area (Å²) in [6.45, 7) is 1.69. The van der Waals surface area contributed by atoms with Crippen molar-refractivity contribution < 1.29 is 14.3 Å². The Morgan fingerprint density at radius 1 is 1.35 bits per heavy atom. The molecule has 1 amide bonds. The summed E-state index contributed by atoms with van der Waals surface area (Å²) in [6.07, 6.45) is 0.752. The summed E-state index contributed by atoms with van der Waals surface area (Å²) < 4.78 is 11.7. The second-order valence-corrected chi connectivity index (χ2v) is 3.58. The van der Waals surface area contributed by atoms with E-state index in [2.05, 4.69) is 10.3 Å². The lowest BCUT2D eigenvalue weighted by Crippen LogP contribution is -2.17. The van der Waals surface area contributed by atoms with Gasteiger partial charge in [0.05, 0.1) is 37.6 Å². The van der Waals surface area contributed by atoms with E-state index in [0.717, 1.165) is 5.69 Å². The highest BCUT2D eigenvalue weighted by Crippen LogP contribution is 2.07. The molecule has 0 aliphatic rings. The topological polar surface area (TPSA) is 92.3 Å². The maximum atomic E-state index is 10.9. The molecule has 0 saturated heterocycles. The van der Waals surface area contributed by atoms with Gasteiger partial charge in [0.2, 0.25) is 5.91 Å². The molecule has 1 aromatic rings. The number of aromatic nitrogens is 3. The second-order valence-electron chi connectivity index (χ2n) is 3.58. The van der Waals surface area contributed by atoms with Gasteiger partial charge in [0.25, 0.3) is 0 Å².